The Kier molecular flexibility index (Phi) is 11.9. The topological polar surface area (TPSA) is 168 Å². The van der Waals surface area contributed by atoms with Crippen molar-refractivity contribution < 1.29 is 38.9 Å². The molecule has 0 radical (unpaired) electrons. The molecule has 11 heteroatoms. The minimum absolute atomic E-state index is 0.0261. The molecule has 5 N–H and O–H groups in total. The van der Waals surface area contributed by atoms with Gasteiger partial charge in [0.15, 0.2) is 0 Å². The van der Waals surface area contributed by atoms with Gasteiger partial charge in [-0.3, -0.25) is 4.79 Å². The first-order chi connectivity index (χ1) is 17.4. The van der Waals surface area contributed by atoms with E-state index >= 15 is 0 Å². The first-order valence-electron chi connectivity index (χ1n) is 11.4. The normalized spacial score (nSPS) is 12.2. The SMILES string of the molecule is NCCCCC(C(=O)NC(CO)C(=O)O)N(C(=O)OCc1ccccc1)C(=O)OCc1ccccc1. The maximum Gasteiger partial charge on any atom is 0.420 e. The molecular weight excluding hydrogens is 470 g/mol. The number of benzene rings is 2. The van der Waals surface area contributed by atoms with Crippen LogP contribution in [-0.2, 0) is 32.3 Å². The van der Waals surface area contributed by atoms with E-state index in [0.717, 1.165) is 0 Å². The van der Waals surface area contributed by atoms with Crippen molar-refractivity contribution in [3.8, 4) is 0 Å². The maximum absolute atomic E-state index is 13.1. The van der Waals surface area contributed by atoms with Crippen molar-refractivity contribution >= 4 is 24.1 Å². The van der Waals surface area contributed by atoms with Gasteiger partial charge in [-0.1, -0.05) is 60.7 Å². The Bertz CT molecular complexity index is 932. The Morgan fingerprint density at radius 3 is 1.78 bits per heavy atom. The van der Waals surface area contributed by atoms with Gasteiger partial charge in [0, 0.05) is 0 Å². The molecule has 3 amide bonds. The van der Waals surface area contributed by atoms with Crippen molar-refractivity contribution in [2.75, 3.05) is 13.2 Å². The maximum atomic E-state index is 13.1. The fraction of sp³-hybridized carbons (Fsp3) is 0.360. The van der Waals surface area contributed by atoms with Crippen molar-refractivity contribution in [2.45, 2.75) is 44.6 Å². The zero-order chi connectivity index (χ0) is 26.3. The first kappa shape index (κ1) is 28.3. The third-order valence-electron chi connectivity index (χ3n) is 5.15. The van der Waals surface area contributed by atoms with Crippen molar-refractivity contribution in [2.24, 2.45) is 5.73 Å². The van der Waals surface area contributed by atoms with Crippen LogP contribution in [0.25, 0.3) is 0 Å². The predicted molar refractivity (Wildman–Crippen MR) is 128 cm³/mol. The lowest BCUT2D eigenvalue weighted by molar-refractivity contribution is -0.143. The lowest BCUT2D eigenvalue weighted by Crippen LogP contribution is -2.56. The van der Waals surface area contributed by atoms with E-state index in [1.165, 1.54) is 0 Å². The van der Waals surface area contributed by atoms with Gasteiger partial charge >= 0.3 is 18.2 Å². The molecule has 2 aromatic rings. The number of amides is 3. The summed E-state index contributed by atoms with van der Waals surface area (Å²) in [5.41, 5.74) is 6.85. The van der Waals surface area contributed by atoms with Crippen LogP contribution < -0.4 is 11.1 Å². The average molecular weight is 502 g/mol. The molecule has 0 aliphatic carbocycles. The van der Waals surface area contributed by atoms with Crippen LogP contribution in [0.4, 0.5) is 9.59 Å². The van der Waals surface area contributed by atoms with Gasteiger partial charge < -0.3 is 30.7 Å². The number of nitrogens with one attached hydrogen (secondary N) is 1. The first-order valence-corrected chi connectivity index (χ1v) is 11.4. The number of nitrogens with zero attached hydrogens (tertiary/aromatic N) is 1. The van der Waals surface area contributed by atoms with E-state index in [1.54, 1.807) is 60.7 Å². The quantitative estimate of drug-likeness (QED) is 0.300. The Morgan fingerprint density at radius 1 is 0.861 bits per heavy atom. The van der Waals surface area contributed by atoms with E-state index in [-0.39, 0.29) is 19.6 Å². The molecule has 36 heavy (non-hydrogen) atoms. The fourth-order valence-electron chi connectivity index (χ4n) is 3.22. The summed E-state index contributed by atoms with van der Waals surface area (Å²) in [5, 5.41) is 20.7. The van der Waals surface area contributed by atoms with Crippen molar-refractivity contribution in [1.29, 1.82) is 0 Å². The Morgan fingerprint density at radius 2 is 1.36 bits per heavy atom. The number of rotatable bonds is 13. The molecule has 0 heterocycles. The second-order valence-electron chi connectivity index (χ2n) is 7.83. The van der Waals surface area contributed by atoms with Crippen LogP contribution in [0.5, 0.6) is 0 Å². The van der Waals surface area contributed by atoms with Gasteiger partial charge in [0.2, 0.25) is 5.91 Å². The Balaban J connectivity index is 2.29. The number of hydrogen-bond acceptors (Lipinski definition) is 8. The largest absolute Gasteiger partial charge is 0.480 e. The highest BCUT2D eigenvalue weighted by Gasteiger charge is 2.38. The summed E-state index contributed by atoms with van der Waals surface area (Å²) >= 11 is 0. The standard InChI is InChI=1S/C25H31N3O8/c26-14-8-7-13-21(22(30)27-20(15-29)23(31)32)28(24(33)35-16-18-9-3-1-4-10-18)25(34)36-17-19-11-5-2-6-12-19/h1-6,9-12,20-21,29H,7-8,13-17,26H2,(H,27,30)(H,31,32). The molecule has 0 spiro atoms. The number of ether oxygens (including phenoxy) is 2. The van der Waals surface area contributed by atoms with Crippen molar-refractivity contribution in [1.82, 2.24) is 10.2 Å². The number of aliphatic carboxylic acids is 1. The summed E-state index contributed by atoms with van der Waals surface area (Å²) in [7, 11) is 0. The lowest BCUT2D eigenvalue weighted by atomic mass is 10.1. The third kappa shape index (κ3) is 9.01. The smallest absolute Gasteiger partial charge is 0.420 e. The number of carbonyl (C=O) groups is 4. The minimum atomic E-state index is -1.63. The molecule has 2 aromatic carbocycles. The summed E-state index contributed by atoms with van der Waals surface area (Å²) in [6.07, 6.45) is -1.47. The Hall–Kier alpha value is -3.96. The number of nitrogens with two attached hydrogens (primary N) is 1. The molecule has 0 aromatic heterocycles. The van der Waals surface area contributed by atoms with Crippen LogP contribution in [0.2, 0.25) is 0 Å². The van der Waals surface area contributed by atoms with Crippen LogP contribution in [0.1, 0.15) is 30.4 Å². The van der Waals surface area contributed by atoms with E-state index in [0.29, 0.717) is 35.4 Å². The average Bonchev–Trinajstić information content (AvgIpc) is 2.89. The predicted octanol–water partition coefficient (Wildman–Crippen LogP) is 2.02. The highest BCUT2D eigenvalue weighted by atomic mass is 16.6. The summed E-state index contributed by atoms with van der Waals surface area (Å²) in [5.74, 6) is -2.43. The molecule has 2 unspecified atom stereocenters. The number of imide groups is 1. The van der Waals surface area contributed by atoms with Crippen molar-refractivity contribution in [3.05, 3.63) is 71.8 Å². The molecule has 0 aliphatic rings. The van der Waals surface area contributed by atoms with E-state index in [2.05, 4.69) is 5.32 Å². The number of aliphatic hydroxyl groups is 1. The molecule has 0 aliphatic heterocycles. The van der Waals surface area contributed by atoms with Crippen LogP contribution >= 0.6 is 0 Å². The number of aliphatic hydroxyl groups excluding tert-OH is 1. The summed E-state index contributed by atoms with van der Waals surface area (Å²) in [4.78, 5) is 51.0. The minimum Gasteiger partial charge on any atom is -0.480 e. The fourth-order valence-corrected chi connectivity index (χ4v) is 3.22. The van der Waals surface area contributed by atoms with Gasteiger partial charge in [-0.05, 0) is 36.9 Å². The van der Waals surface area contributed by atoms with E-state index < -0.39 is 42.8 Å². The number of carboxylic acids is 1. The van der Waals surface area contributed by atoms with Gasteiger partial charge in [0.05, 0.1) is 6.61 Å². The molecule has 0 saturated carbocycles. The van der Waals surface area contributed by atoms with Crippen LogP contribution in [0, 0.1) is 0 Å². The zero-order valence-corrected chi connectivity index (χ0v) is 19.7. The lowest BCUT2D eigenvalue weighted by Gasteiger charge is -2.29. The van der Waals surface area contributed by atoms with Gasteiger partial charge in [-0.2, -0.15) is 4.90 Å². The molecular formula is C25H31N3O8. The van der Waals surface area contributed by atoms with E-state index in [9.17, 15) is 29.4 Å². The highest BCUT2D eigenvalue weighted by molar-refractivity contribution is 5.96. The number of carboxylic acid groups (broad SMARTS) is 1. The van der Waals surface area contributed by atoms with E-state index in [1.807, 2.05) is 0 Å². The van der Waals surface area contributed by atoms with Crippen LogP contribution in [0.3, 0.4) is 0 Å². The molecule has 0 bridgehead atoms. The number of carbonyl (C=O) groups excluding carboxylic acids is 3. The van der Waals surface area contributed by atoms with E-state index in [4.69, 9.17) is 15.2 Å². The van der Waals surface area contributed by atoms with Crippen molar-refractivity contribution in [3.63, 3.8) is 0 Å². The van der Waals surface area contributed by atoms with Gasteiger partial charge in [0.25, 0.3) is 0 Å². The highest BCUT2D eigenvalue weighted by Crippen LogP contribution is 2.16. The molecule has 11 nitrogen and oxygen atoms in total. The van der Waals surface area contributed by atoms with Gasteiger partial charge in [0.1, 0.15) is 25.3 Å². The monoisotopic (exact) mass is 501 g/mol. The molecule has 0 saturated heterocycles. The third-order valence-corrected chi connectivity index (χ3v) is 5.15. The molecule has 2 rings (SSSR count). The summed E-state index contributed by atoms with van der Waals surface area (Å²) in [6, 6.07) is 14.4. The van der Waals surface area contributed by atoms with Gasteiger partial charge in [-0.25, -0.2) is 14.4 Å². The molecule has 194 valence electrons. The Labute approximate surface area is 208 Å². The second-order valence-corrected chi connectivity index (χ2v) is 7.83. The molecule has 2 atom stereocenters. The van der Waals surface area contributed by atoms with Crippen LogP contribution in [0.15, 0.2) is 60.7 Å². The number of unbranched alkanes of at least 4 members (excludes halogenated alkanes) is 1. The second kappa shape index (κ2) is 15.1. The summed E-state index contributed by atoms with van der Waals surface area (Å²) in [6.45, 7) is -0.922. The zero-order valence-electron chi connectivity index (χ0n) is 19.7. The van der Waals surface area contributed by atoms with Gasteiger partial charge in [-0.15, -0.1) is 0 Å². The van der Waals surface area contributed by atoms with Crippen LogP contribution in [-0.4, -0.2) is 64.4 Å². The molecule has 0 fully saturated rings. The summed E-state index contributed by atoms with van der Waals surface area (Å²) < 4.78 is 10.6. The number of hydrogen-bond donors (Lipinski definition) is 4.